The fourth-order valence-electron chi connectivity index (χ4n) is 5.73. The first-order chi connectivity index (χ1) is 21.1. The SMILES string of the molecule is Cc1ccccc1-c1nc2c3c(ncn2n1)Oc1c(c(=O)oc2ccccc12)C3c1cccc(OCc2ccccc2)c1. The molecule has 208 valence electrons. The molecule has 0 fully saturated rings. The Labute approximate surface area is 245 Å². The summed E-state index contributed by atoms with van der Waals surface area (Å²) in [5.74, 6) is 1.41. The Morgan fingerprint density at radius 3 is 2.58 bits per heavy atom. The number of aromatic nitrogens is 4. The number of aryl methyl sites for hydroxylation is 1. The highest BCUT2D eigenvalue weighted by Crippen LogP contribution is 2.49. The van der Waals surface area contributed by atoms with E-state index in [-0.39, 0.29) is 0 Å². The highest BCUT2D eigenvalue weighted by Gasteiger charge is 2.37. The minimum atomic E-state index is -0.606. The molecular formula is C35H24N4O4. The van der Waals surface area contributed by atoms with E-state index in [2.05, 4.69) is 4.98 Å². The summed E-state index contributed by atoms with van der Waals surface area (Å²) in [5.41, 5.74) is 5.34. The van der Waals surface area contributed by atoms with Gasteiger partial charge in [-0.1, -0.05) is 78.9 Å². The van der Waals surface area contributed by atoms with Crippen LogP contribution >= 0.6 is 0 Å². The fourth-order valence-corrected chi connectivity index (χ4v) is 5.73. The Kier molecular flexibility index (Phi) is 5.78. The Morgan fingerprint density at radius 2 is 1.70 bits per heavy atom. The molecule has 0 N–H and O–H groups in total. The average Bonchev–Trinajstić information content (AvgIpc) is 3.48. The summed E-state index contributed by atoms with van der Waals surface area (Å²) < 4.78 is 20.1. The molecule has 3 aromatic heterocycles. The molecular weight excluding hydrogens is 540 g/mol. The zero-order valence-corrected chi connectivity index (χ0v) is 23.1. The fraction of sp³-hybridized carbons (Fsp3) is 0.0857. The zero-order chi connectivity index (χ0) is 28.9. The van der Waals surface area contributed by atoms with Gasteiger partial charge < -0.3 is 13.9 Å². The first-order valence-corrected chi connectivity index (χ1v) is 14.0. The van der Waals surface area contributed by atoms with E-state index in [1.165, 1.54) is 0 Å². The van der Waals surface area contributed by atoms with Crippen LogP contribution in [0.5, 0.6) is 17.4 Å². The molecule has 1 aliphatic rings. The molecule has 0 saturated heterocycles. The largest absolute Gasteiger partial charge is 0.489 e. The van der Waals surface area contributed by atoms with E-state index in [1.54, 1.807) is 16.9 Å². The van der Waals surface area contributed by atoms with Crippen molar-refractivity contribution < 1.29 is 13.9 Å². The summed E-state index contributed by atoms with van der Waals surface area (Å²) in [6.07, 6.45) is 1.60. The van der Waals surface area contributed by atoms with Gasteiger partial charge in [0.2, 0.25) is 5.88 Å². The van der Waals surface area contributed by atoms with Crippen molar-refractivity contribution in [3.63, 3.8) is 0 Å². The van der Waals surface area contributed by atoms with Gasteiger partial charge >= 0.3 is 5.63 Å². The third kappa shape index (κ3) is 4.23. The molecule has 0 spiro atoms. The lowest BCUT2D eigenvalue weighted by atomic mass is 9.84. The van der Waals surface area contributed by atoms with E-state index in [4.69, 9.17) is 24.0 Å². The quantitative estimate of drug-likeness (QED) is 0.207. The van der Waals surface area contributed by atoms with Crippen LogP contribution in [0.3, 0.4) is 0 Å². The smallest absolute Gasteiger partial charge is 0.344 e. The Bertz CT molecular complexity index is 2220. The molecule has 1 unspecified atom stereocenters. The molecule has 1 aliphatic heterocycles. The van der Waals surface area contributed by atoms with Crippen LogP contribution in [0.15, 0.2) is 119 Å². The number of para-hydroxylation sites is 1. The summed E-state index contributed by atoms with van der Waals surface area (Å²) in [7, 11) is 0. The molecule has 8 heteroatoms. The van der Waals surface area contributed by atoms with Crippen molar-refractivity contribution in [1.29, 1.82) is 0 Å². The van der Waals surface area contributed by atoms with Crippen LogP contribution in [0, 0.1) is 6.92 Å². The molecule has 7 aromatic rings. The monoisotopic (exact) mass is 564 g/mol. The van der Waals surface area contributed by atoms with Crippen LogP contribution in [-0.2, 0) is 6.61 Å². The molecule has 0 amide bonds. The van der Waals surface area contributed by atoms with E-state index < -0.39 is 11.5 Å². The minimum Gasteiger partial charge on any atom is -0.489 e. The molecule has 8 rings (SSSR count). The van der Waals surface area contributed by atoms with Crippen molar-refractivity contribution in [3.05, 3.63) is 148 Å². The Hall–Kier alpha value is -5.76. The van der Waals surface area contributed by atoms with E-state index in [0.29, 0.717) is 57.6 Å². The first-order valence-electron chi connectivity index (χ1n) is 14.0. The van der Waals surface area contributed by atoms with Crippen molar-refractivity contribution in [2.45, 2.75) is 19.4 Å². The van der Waals surface area contributed by atoms with Gasteiger partial charge in [0.05, 0.1) is 22.4 Å². The van der Waals surface area contributed by atoms with Crippen molar-refractivity contribution in [2.24, 2.45) is 0 Å². The highest BCUT2D eigenvalue weighted by atomic mass is 16.5. The van der Waals surface area contributed by atoms with Gasteiger partial charge in [-0.05, 0) is 47.9 Å². The number of hydrogen-bond donors (Lipinski definition) is 0. The summed E-state index contributed by atoms with van der Waals surface area (Å²) in [4.78, 5) is 23.4. The second-order valence-corrected chi connectivity index (χ2v) is 10.5. The van der Waals surface area contributed by atoms with Crippen LogP contribution in [0.1, 0.15) is 33.7 Å². The van der Waals surface area contributed by atoms with Crippen molar-refractivity contribution in [1.82, 2.24) is 19.6 Å². The summed E-state index contributed by atoms with van der Waals surface area (Å²) >= 11 is 0. The molecule has 0 radical (unpaired) electrons. The van der Waals surface area contributed by atoms with Gasteiger partial charge in [-0.15, -0.1) is 5.10 Å². The number of benzene rings is 4. The predicted molar refractivity (Wildman–Crippen MR) is 162 cm³/mol. The molecule has 1 atom stereocenters. The Balaban J connectivity index is 1.34. The highest BCUT2D eigenvalue weighted by molar-refractivity contribution is 5.87. The zero-order valence-electron chi connectivity index (χ0n) is 23.1. The molecule has 8 nitrogen and oxygen atoms in total. The Morgan fingerprint density at radius 1 is 0.884 bits per heavy atom. The van der Waals surface area contributed by atoms with Crippen molar-refractivity contribution in [3.8, 4) is 28.8 Å². The standard InChI is InChI=1S/C35H24N4O4/c1-21-10-5-6-15-25(21)32-37-33-30-28(23-13-9-14-24(18-23)41-19-22-11-3-2-4-12-22)29-31(43-34(30)36-20-39(33)38-32)26-16-7-8-17-27(26)42-35(29)40/h2-18,20,28H,19H2,1H3. The lowest BCUT2D eigenvalue weighted by molar-refractivity contribution is 0.306. The molecule has 43 heavy (non-hydrogen) atoms. The van der Waals surface area contributed by atoms with Gasteiger partial charge in [-0.2, -0.15) is 0 Å². The second-order valence-electron chi connectivity index (χ2n) is 10.5. The van der Waals surface area contributed by atoms with Crippen LogP contribution in [0.25, 0.3) is 28.0 Å². The first kappa shape index (κ1) is 25.0. The molecule has 4 aromatic carbocycles. The third-order valence-electron chi connectivity index (χ3n) is 7.79. The number of ether oxygens (including phenoxy) is 2. The number of fused-ring (bicyclic) bond motifs is 6. The lowest BCUT2D eigenvalue weighted by Crippen LogP contribution is -2.22. The topological polar surface area (TPSA) is 91.8 Å². The number of rotatable bonds is 5. The lowest BCUT2D eigenvalue weighted by Gasteiger charge is -2.27. The van der Waals surface area contributed by atoms with Crippen LogP contribution in [0.4, 0.5) is 0 Å². The predicted octanol–water partition coefficient (Wildman–Crippen LogP) is 7.07. The van der Waals surface area contributed by atoms with Crippen LogP contribution in [-0.4, -0.2) is 19.6 Å². The third-order valence-corrected chi connectivity index (χ3v) is 7.79. The second kappa shape index (κ2) is 9.95. The number of hydrogen-bond acceptors (Lipinski definition) is 7. The molecule has 0 aliphatic carbocycles. The van der Waals surface area contributed by atoms with Crippen molar-refractivity contribution in [2.75, 3.05) is 0 Å². The average molecular weight is 565 g/mol. The maximum Gasteiger partial charge on any atom is 0.344 e. The van der Waals surface area contributed by atoms with Gasteiger partial charge in [-0.3, -0.25) is 0 Å². The van der Waals surface area contributed by atoms with Crippen LogP contribution in [0.2, 0.25) is 0 Å². The summed E-state index contributed by atoms with van der Waals surface area (Å²) in [5, 5.41) is 5.44. The van der Waals surface area contributed by atoms with Gasteiger partial charge in [0.15, 0.2) is 17.2 Å². The van der Waals surface area contributed by atoms with E-state index in [0.717, 1.165) is 22.3 Å². The van der Waals surface area contributed by atoms with Gasteiger partial charge in [-0.25, -0.2) is 19.3 Å². The molecule has 0 saturated carbocycles. The summed E-state index contributed by atoms with van der Waals surface area (Å²) in [6.45, 7) is 2.43. The van der Waals surface area contributed by atoms with E-state index >= 15 is 0 Å². The van der Waals surface area contributed by atoms with Crippen LogP contribution < -0.4 is 15.1 Å². The molecule has 4 heterocycles. The van der Waals surface area contributed by atoms with Gasteiger partial charge in [0.25, 0.3) is 0 Å². The maximum atomic E-state index is 13.7. The normalized spacial score (nSPS) is 13.8. The summed E-state index contributed by atoms with van der Waals surface area (Å²) in [6, 6.07) is 33.0. The van der Waals surface area contributed by atoms with Crippen molar-refractivity contribution >= 4 is 16.6 Å². The van der Waals surface area contributed by atoms with Gasteiger partial charge in [0.1, 0.15) is 24.3 Å². The van der Waals surface area contributed by atoms with E-state index in [1.807, 2.05) is 104 Å². The maximum absolute atomic E-state index is 13.7. The van der Waals surface area contributed by atoms with E-state index in [9.17, 15) is 4.79 Å². The molecule has 0 bridgehead atoms. The minimum absolute atomic E-state index is 0.361. The van der Waals surface area contributed by atoms with Gasteiger partial charge in [0, 0.05) is 5.56 Å². The number of nitrogens with zero attached hydrogens (tertiary/aromatic N) is 4.